The minimum Gasteiger partial charge on any atom is -0.394 e. The van der Waals surface area contributed by atoms with Gasteiger partial charge in [0.25, 0.3) is 5.69 Å². The van der Waals surface area contributed by atoms with E-state index in [-0.39, 0.29) is 12.3 Å². The monoisotopic (exact) mass is 525 g/mol. The number of aliphatic hydroxyl groups is 2. The second-order valence-electron chi connectivity index (χ2n) is 8.65. The summed E-state index contributed by atoms with van der Waals surface area (Å²) >= 11 is 0. The number of fused-ring (bicyclic) bond motifs is 1. The fraction of sp³-hybridized carbons (Fsp3) is 0.400. The third-order valence-electron chi connectivity index (χ3n) is 6.27. The number of non-ortho nitro benzene ring substituents is 1. The van der Waals surface area contributed by atoms with Gasteiger partial charge in [0.2, 0.25) is 0 Å². The number of aromatic nitrogens is 4. The van der Waals surface area contributed by atoms with Crippen LogP contribution in [0.5, 0.6) is 0 Å². The molecule has 4 heterocycles. The van der Waals surface area contributed by atoms with Crippen LogP contribution in [0.4, 0.5) is 11.5 Å². The molecule has 202 valence electrons. The van der Waals surface area contributed by atoms with Crippen LogP contribution in [0.2, 0.25) is 0 Å². The number of aryl methyl sites for hydroxylation is 1. The van der Waals surface area contributed by atoms with E-state index in [0.29, 0.717) is 49.8 Å². The normalized spacial score (nSPS) is 22.1. The zero-order valence-corrected chi connectivity index (χ0v) is 20.8. The van der Waals surface area contributed by atoms with Gasteiger partial charge >= 0.3 is 0 Å². The Labute approximate surface area is 219 Å². The molecule has 3 aromatic rings. The first-order valence-corrected chi connectivity index (χ1v) is 12.2. The number of amidine groups is 1. The van der Waals surface area contributed by atoms with Crippen LogP contribution >= 0.6 is 0 Å². The molecular weight excluding hydrogens is 494 g/mol. The molecule has 1 saturated heterocycles. The number of anilines is 1. The first-order valence-electron chi connectivity index (χ1n) is 12.2. The van der Waals surface area contributed by atoms with E-state index in [1.807, 2.05) is 10.8 Å². The van der Waals surface area contributed by atoms with Gasteiger partial charge in [-0.05, 0) is 12.0 Å². The Bertz CT molecular complexity index is 1230. The van der Waals surface area contributed by atoms with Crippen molar-refractivity contribution in [2.24, 2.45) is 4.99 Å². The number of hydrogen-bond acceptors (Lipinski definition) is 10. The molecule has 0 aliphatic carbocycles. The number of nitrogens with zero attached hydrogens (tertiary/aromatic N) is 6. The summed E-state index contributed by atoms with van der Waals surface area (Å²) in [6.45, 7) is 6.72. The van der Waals surface area contributed by atoms with Gasteiger partial charge < -0.3 is 29.6 Å². The minimum atomic E-state index is -0.773. The number of nitro groups is 1. The molecular formula is C25H31N7O6. The number of nitrogens with one attached hydrogen (secondary N) is 1. The molecule has 13 nitrogen and oxygen atoms in total. The summed E-state index contributed by atoms with van der Waals surface area (Å²) < 4.78 is 15.7. The number of hydrogen-bond donors (Lipinski definition) is 3. The summed E-state index contributed by atoms with van der Waals surface area (Å²) in [5.74, 6) is 1.37. The summed E-state index contributed by atoms with van der Waals surface area (Å²) in [4.78, 5) is 23.8. The Morgan fingerprint density at radius 2 is 2.03 bits per heavy atom. The van der Waals surface area contributed by atoms with E-state index in [1.54, 1.807) is 35.6 Å². The van der Waals surface area contributed by atoms with E-state index in [4.69, 9.17) is 14.5 Å². The molecule has 0 bridgehead atoms. The molecule has 1 fully saturated rings. The van der Waals surface area contributed by atoms with Crippen molar-refractivity contribution >= 4 is 17.3 Å². The van der Waals surface area contributed by atoms with Crippen molar-refractivity contribution in [3.05, 3.63) is 83.8 Å². The van der Waals surface area contributed by atoms with Gasteiger partial charge in [-0.3, -0.25) is 14.7 Å². The van der Waals surface area contributed by atoms with Crippen molar-refractivity contribution in [2.45, 2.75) is 50.5 Å². The quantitative estimate of drug-likeness (QED) is 0.205. The highest BCUT2D eigenvalue weighted by Gasteiger charge is 2.37. The van der Waals surface area contributed by atoms with Gasteiger partial charge in [0, 0.05) is 43.9 Å². The van der Waals surface area contributed by atoms with Crippen LogP contribution in [0.15, 0.2) is 67.5 Å². The van der Waals surface area contributed by atoms with Crippen molar-refractivity contribution in [2.75, 3.05) is 18.5 Å². The molecule has 5 rings (SSSR count). The smallest absolute Gasteiger partial charge is 0.269 e. The largest absolute Gasteiger partial charge is 0.394 e. The van der Waals surface area contributed by atoms with Crippen LogP contribution in [0.1, 0.15) is 36.6 Å². The van der Waals surface area contributed by atoms with E-state index in [9.17, 15) is 20.3 Å². The molecule has 4 unspecified atom stereocenters. The van der Waals surface area contributed by atoms with Crippen LogP contribution in [-0.2, 0) is 22.4 Å². The molecule has 0 radical (unpaired) electrons. The Balaban J connectivity index is 0.00000164. The second-order valence-corrected chi connectivity index (χ2v) is 8.65. The number of aliphatic hydroxyl groups excluding tert-OH is 2. The molecule has 0 amide bonds. The van der Waals surface area contributed by atoms with E-state index < -0.39 is 29.6 Å². The Morgan fingerprint density at radius 1 is 1.24 bits per heavy atom. The molecule has 38 heavy (non-hydrogen) atoms. The molecule has 1 aromatic carbocycles. The van der Waals surface area contributed by atoms with Crippen LogP contribution in [0, 0.1) is 10.1 Å². The number of imidazole rings is 2. The van der Waals surface area contributed by atoms with Crippen molar-refractivity contribution < 1.29 is 24.6 Å². The zero-order chi connectivity index (χ0) is 27.1. The molecule has 2 aliphatic rings. The lowest BCUT2D eigenvalue weighted by molar-refractivity contribution is -0.384. The lowest BCUT2D eigenvalue weighted by atomic mass is 10.1. The predicted molar refractivity (Wildman–Crippen MR) is 138 cm³/mol. The second kappa shape index (κ2) is 12.6. The van der Waals surface area contributed by atoms with Gasteiger partial charge in [0.15, 0.2) is 6.23 Å². The van der Waals surface area contributed by atoms with Crippen LogP contribution < -0.4 is 5.32 Å². The van der Waals surface area contributed by atoms with Crippen molar-refractivity contribution in [3.8, 4) is 0 Å². The maximum Gasteiger partial charge on any atom is 0.269 e. The van der Waals surface area contributed by atoms with Gasteiger partial charge in [0.1, 0.15) is 29.7 Å². The number of benzene rings is 1. The summed E-state index contributed by atoms with van der Waals surface area (Å²) in [5, 5.41) is 33.9. The van der Waals surface area contributed by atoms with Gasteiger partial charge in [-0.15, -0.1) is 13.2 Å². The predicted octanol–water partition coefficient (Wildman–Crippen LogP) is 2.60. The third-order valence-corrected chi connectivity index (χ3v) is 6.27. The highest BCUT2D eigenvalue weighted by atomic mass is 16.6. The first-order chi connectivity index (χ1) is 18.5. The molecule has 2 aromatic heterocycles. The maximum absolute atomic E-state index is 10.9. The Hall–Kier alpha value is -3.91. The van der Waals surface area contributed by atoms with Crippen molar-refractivity contribution in [3.63, 3.8) is 0 Å². The molecule has 0 spiro atoms. The summed E-state index contributed by atoms with van der Waals surface area (Å²) in [7, 11) is 0. The van der Waals surface area contributed by atoms with Gasteiger partial charge in [-0.1, -0.05) is 12.1 Å². The summed E-state index contributed by atoms with van der Waals surface area (Å²) in [6.07, 6.45) is 5.84. The lowest BCUT2D eigenvalue weighted by Crippen LogP contribution is -2.26. The Kier molecular flexibility index (Phi) is 8.97. The molecule has 3 N–H and O–H groups in total. The average molecular weight is 526 g/mol. The Morgan fingerprint density at radius 3 is 2.68 bits per heavy atom. The zero-order valence-electron chi connectivity index (χ0n) is 20.8. The van der Waals surface area contributed by atoms with Gasteiger partial charge in [-0.2, -0.15) is 0 Å². The highest BCUT2D eigenvalue weighted by molar-refractivity contribution is 5.96. The van der Waals surface area contributed by atoms with E-state index in [2.05, 4.69) is 28.4 Å². The van der Waals surface area contributed by atoms with Gasteiger partial charge in [-0.25, -0.2) is 15.0 Å². The van der Waals surface area contributed by atoms with Crippen molar-refractivity contribution in [1.29, 1.82) is 0 Å². The average Bonchev–Trinajstić information content (AvgIpc) is 3.69. The number of nitro benzene ring substituents is 1. The highest BCUT2D eigenvalue weighted by Crippen LogP contribution is 2.37. The van der Waals surface area contributed by atoms with Crippen molar-refractivity contribution in [1.82, 2.24) is 19.1 Å². The van der Waals surface area contributed by atoms with E-state index >= 15 is 0 Å². The fourth-order valence-corrected chi connectivity index (χ4v) is 4.30. The van der Waals surface area contributed by atoms with Crippen LogP contribution in [-0.4, -0.2) is 65.5 Å². The fourth-order valence-electron chi connectivity index (χ4n) is 4.30. The SMILES string of the molecule is C=C.O=[N+]([O-])c1ccc(CCOC2N=C(CCn3ccnc3)Nc3c2ncn3C2CC(O)C(CO)O2)cc1. The minimum absolute atomic E-state index is 0.0445. The number of aliphatic imine (C=N–C) groups is 1. The standard InChI is InChI=1S/C23H27N7O6.C2H4/c31-12-18-17(32)11-20(36-18)29-14-25-21-22(29)26-19(5-8-28-9-7-24-13-28)27-23(21)35-10-6-15-1-3-16(4-2-15)30(33)34;1-2/h1-4,7,9,13-14,17-18,20,23,31-32H,5-6,8,10-12H2,(H,26,27);1-2H2. The lowest BCUT2D eigenvalue weighted by Gasteiger charge is -2.25. The molecule has 13 heteroatoms. The molecule has 4 atom stereocenters. The first kappa shape index (κ1) is 27.1. The maximum atomic E-state index is 10.9. The topological polar surface area (TPSA) is 162 Å². The van der Waals surface area contributed by atoms with Gasteiger partial charge in [0.05, 0.1) is 36.9 Å². The third kappa shape index (κ3) is 6.14. The summed E-state index contributed by atoms with van der Waals surface area (Å²) in [5.41, 5.74) is 1.55. The van der Waals surface area contributed by atoms with E-state index in [0.717, 1.165) is 5.56 Å². The van der Waals surface area contributed by atoms with Crippen LogP contribution in [0.3, 0.4) is 0 Å². The molecule has 2 aliphatic heterocycles. The van der Waals surface area contributed by atoms with Crippen LogP contribution in [0.25, 0.3) is 0 Å². The summed E-state index contributed by atoms with van der Waals surface area (Å²) in [6, 6.07) is 6.37. The number of rotatable bonds is 10. The van der Waals surface area contributed by atoms with E-state index in [1.165, 1.54) is 12.1 Å². The molecule has 0 saturated carbocycles. The number of ether oxygens (including phenoxy) is 2.